The van der Waals surface area contributed by atoms with Gasteiger partial charge in [0.15, 0.2) is 11.5 Å². The average Bonchev–Trinajstić information content (AvgIpc) is 2.77. The molecule has 1 unspecified atom stereocenters. The van der Waals surface area contributed by atoms with Crippen LogP contribution < -0.4 is 5.32 Å². The quantitative estimate of drug-likeness (QED) is 0.733. The summed E-state index contributed by atoms with van der Waals surface area (Å²) in [6.07, 6.45) is 0. The molecule has 1 atom stereocenters. The van der Waals surface area contributed by atoms with Crippen LogP contribution in [0, 0.1) is 5.92 Å². The average molecular weight is 256 g/mol. The smallest absolute Gasteiger partial charge is 0.358 e. The van der Waals surface area contributed by atoms with Crippen LogP contribution in [-0.4, -0.2) is 35.5 Å². The number of hydrogen-bond acceptors (Lipinski definition) is 5. The molecule has 18 heavy (non-hydrogen) atoms. The van der Waals surface area contributed by atoms with E-state index >= 15 is 0 Å². The van der Waals surface area contributed by atoms with Gasteiger partial charge >= 0.3 is 5.97 Å². The first kappa shape index (κ1) is 14.7. The maximum absolute atomic E-state index is 10.6. The third-order valence-corrected chi connectivity index (χ3v) is 2.62. The Labute approximate surface area is 106 Å². The van der Waals surface area contributed by atoms with Gasteiger partial charge in [0.05, 0.1) is 13.2 Å². The Bertz CT molecular complexity index is 376. The molecule has 0 saturated heterocycles. The second kappa shape index (κ2) is 7.13. The lowest BCUT2D eigenvalue weighted by molar-refractivity contribution is 0.0685. The fourth-order valence-corrected chi connectivity index (χ4v) is 1.46. The van der Waals surface area contributed by atoms with Gasteiger partial charge in [-0.25, -0.2) is 4.79 Å². The number of aromatic nitrogens is 1. The van der Waals surface area contributed by atoms with Gasteiger partial charge in [0, 0.05) is 18.7 Å². The minimum atomic E-state index is -1.08. The first-order chi connectivity index (χ1) is 8.54. The minimum absolute atomic E-state index is 0.0716. The molecule has 0 aromatic carbocycles. The van der Waals surface area contributed by atoms with Gasteiger partial charge < -0.3 is 19.7 Å². The number of carbonyl (C=O) groups is 1. The predicted octanol–water partition coefficient (Wildman–Crippen LogP) is 1.52. The standard InChI is InChI=1S/C12H20N2O4/c1-4-17-7-11(8(2)3)13-6-9-5-10(12(15)16)14-18-9/h5,8,11,13H,4,6-7H2,1-3H3,(H,15,16). The summed E-state index contributed by atoms with van der Waals surface area (Å²) in [5.41, 5.74) is -0.0716. The molecule has 102 valence electrons. The Morgan fingerprint density at radius 2 is 2.33 bits per heavy atom. The maximum Gasteiger partial charge on any atom is 0.358 e. The highest BCUT2D eigenvalue weighted by atomic mass is 16.5. The number of nitrogens with zero attached hydrogens (tertiary/aromatic N) is 1. The zero-order valence-corrected chi connectivity index (χ0v) is 11.0. The molecule has 6 nitrogen and oxygen atoms in total. The van der Waals surface area contributed by atoms with Crippen molar-refractivity contribution < 1.29 is 19.2 Å². The van der Waals surface area contributed by atoms with Gasteiger partial charge in [-0.3, -0.25) is 0 Å². The second-order valence-electron chi connectivity index (χ2n) is 4.37. The van der Waals surface area contributed by atoms with E-state index in [4.69, 9.17) is 14.4 Å². The van der Waals surface area contributed by atoms with E-state index in [1.54, 1.807) is 0 Å². The molecule has 0 radical (unpaired) electrons. The van der Waals surface area contributed by atoms with Crippen molar-refractivity contribution >= 4 is 5.97 Å². The topological polar surface area (TPSA) is 84.6 Å². The van der Waals surface area contributed by atoms with Crippen LogP contribution in [0.2, 0.25) is 0 Å². The number of carboxylic acids is 1. The van der Waals surface area contributed by atoms with Gasteiger partial charge in [-0.2, -0.15) is 0 Å². The van der Waals surface area contributed by atoms with Crippen LogP contribution in [0.25, 0.3) is 0 Å². The van der Waals surface area contributed by atoms with Crippen molar-refractivity contribution in [2.45, 2.75) is 33.4 Å². The van der Waals surface area contributed by atoms with Crippen LogP contribution in [0.1, 0.15) is 37.0 Å². The molecular weight excluding hydrogens is 236 g/mol. The zero-order valence-electron chi connectivity index (χ0n) is 11.0. The molecule has 0 spiro atoms. The largest absolute Gasteiger partial charge is 0.476 e. The van der Waals surface area contributed by atoms with Gasteiger partial charge in [0.1, 0.15) is 0 Å². The van der Waals surface area contributed by atoms with Gasteiger partial charge in [-0.1, -0.05) is 19.0 Å². The van der Waals surface area contributed by atoms with Crippen LogP contribution in [0.4, 0.5) is 0 Å². The van der Waals surface area contributed by atoms with Crippen LogP contribution in [0.15, 0.2) is 10.6 Å². The third kappa shape index (κ3) is 4.46. The van der Waals surface area contributed by atoms with Crippen LogP contribution in [0.3, 0.4) is 0 Å². The Kier molecular flexibility index (Phi) is 5.80. The molecule has 1 aromatic heterocycles. The molecule has 0 amide bonds. The van der Waals surface area contributed by atoms with Gasteiger partial charge in [-0.05, 0) is 12.8 Å². The highest BCUT2D eigenvalue weighted by molar-refractivity contribution is 5.85. The summed E-state index contributed by atoms with van der Waals surface area (Å²) in [5, 5.41) is 15.4. The number of ether oxygens (including phenoxy) is 1. The monoisotopic (exact) mass is 256 g/mol. The number of carboxylic acid groups (broad SMARTS) is 1. The minimum Gasteiger partial charge on any atom is -0.476 e. The number of rotatable bonds is 8. The van der Waals surface area contributed by atoms with E-state index in [1.807, 2.05) is 6.92 Å². The summed E-state index contributed by atoms with van der Waals surface area (Å²) in [6, 6.07) is 1.62. The highest BCUT2D eigenvalue weighted by Gasteiger charge is 2.15. The Morgan fingerprint density at radius 1 is 1.61 bits per heavy atom. The van der Waals surface area contributed by atoms with Gasteiger partial charge in [0.25, 0.3) is 0 Å². The fraction of sp³-hybridized carbons (Fsp3) is 0.667. The molecular formula is C12H20N2O4. The molecule has 0 aliphatic carbocycles. The maximum atomic E-state index is 10.6. The summed E-state index contributed by atoms with van der Waals surface area (Å²) in [4.78, 5) is 10.6. The van der Waals surface area contributed by atoms with Gasteiger partial charge in [-0.15, -0.1) is 0 Å². The summed E-state index contributed by atoms with van der Waals surface area (Å²) in [5.74, 6) is -0.160. The zero-order chi connectivity index (χ0) is 13.5. The van der Waals surface area contributed by atoms with E-state index in [1.165, 1.54) is 6.07 Å². The number of hydrogen-bond donors (Lipinski definition) is 2. The van der Waals surface area contributed by atoms with Crippen LogP contribution >= 0.6 is 0 Å². The Balaban J connectivity index is 2.47. The summed E-state index contributed by atoms with van der Waals surface area (Å²) < 4.78 is 10.3. The predicted molar refractivity (Wildman–Crippen MR) is 65.4 cm³/mol. The molecule has 1 heterocycles. The summed E-state index contributed by atoms with van der Waals surface area (Å²) in [6.45, 7) is 7.88. The first-order valence-corrected chi connectivity index (χ1v) is 6.04. The SMILES string of the molecule is CCOCC(NCc1cc(C(=O)O)no1)C(C)C. The van der Waals surface area contributed by atoms with E-state index in [2.05, 4.69) is 24.3 Å². The highest BCUT2D eigenvalue weighted by Crippen LogP contribution is 2.07. The van der Waals surface area contributed by atoms with Crippen molar-refractivity contribution in [2.75, 3.05) is 13.2 Å². The number of nitrogens with one attached hydrogen (secondary N) is 1. The molecule has 2 N–H and O–H groups in total. The molecule has 1 aromatic rings. The van der Waals surface area contributed by atoms with Crippen molar-refractivity contribution in [3.05, 3.63) is 17.5 Å². The van der Waals surface area contributed by atoms with Crippen molar-refractivity contribution in [3.8, 4) is 0 Å². The third-order valence-electron chi connectivity index (χ3n) is 2.62. The molecule has 0 saturated carbocycles. The molecule has 6 heteroatoms. The Hall–Kier alpha value is -1.40. The van der Waals surface area contributed by atoms with Crippen LogP contribution in [-0.2, 0) is 11.3 Å². The molecule has 0 fully saturated rings. The fourth-order valence-electron chi connectivity index (χ4n) is 1.46. The first-order valence-electron chi connectivity index (χ1n) is 6.04. The lowest BCUT2D eigenvalue weighted by atomic mass is 10.1. The van der Waals surface area contributed by atoms with Crippen molar-refractivity contribution in [3.63, 3.8) is 0 Å². The Morgan fingerprint density at radius 3 is 2.83 bits per heavy atom. The van der Waals surface area contributed by atoms with E-state index in [-0.39, 0.29) is 11.7 Å². The molecule has 0 aliphatic heterocycles. The number of aromatic carboxylic acids is 1. The van der Waals surface area contributed by atoms with Crippen molar-refractivity contribution in [1.82, 2.24) is 10.5 Å². The van der Waals surface area contributed by atoms with E-state index in [0.29, 0.717) is 31.4 Å². The summed E-state index contributed by atoms with van der Waals surface area (Å²) >= 11 is 0. The van der Waals surface area contributed by atoms with E-state index < -0.39 is 5.97 Å². The van der Waals surface area contributed by atoms with Crippen molar-refractivity contribution in [2.24, 2.45) is 5.92 Å². The lowest BCUT2D eigenvalue weighted by Gasteiger charge is -2.21. The van der Waals surface area contributed by atoms with Crippen LogP contribution in [0.5, 0.6) is 0 Å². The van der Waals surface area contributed by atoms with E-state index in [0.717, 1.165) is 0 Å². The molecule has 0 bridgehead atoms. The molecule has 0 aliphatic rings. The normalized spacial score (nSPS) is 12.9. The summed E-state index contributed by atoms with van der Waals surface area (Å²) in [7, 11) is 0. The lowest BCUT2D eigenvalue weighted by Crippen LogP contribution is -2.37. The molecule has 1 rings (SSSR count). The second-order valence-corrected chi connectivity index (χ2v) is 4.37. The van der Waals surface area contributed by atoms with E-state index in [9.17, 15) is 4.79 Å². The van der Waals surface area contributed by atoms with Gasteiger partial charge in [0.2, 0.25) is 0 Å². The van der Waals surface area contributed by atoms with Crippen molar-refractivity contribution in [1.29, 1.82) is 0 Å².